The summed E-state index contributed by atoms with van der Waals surface area (Å²) in [7, 11) is 0. The first-order valence-electron chi connectivity index (χ1n) is 6.92. The number of carbonyl (C=O) groups excluding carboxylic acids is 1. The lowest BCUT2D eigenvalue weighted by atomic mass is 10.1. The van der Waals surface area contributed by atoms with Crippen LogP contribution in [0.2, 0.25) is 0 Å². The highest BCUT2D eigenvalue weighted by atomic mass is 16.1. The molecule has 2 aromatic carbocycles. The van der Waals surface area contributed by atoms with Crippen molar-refractivity contribution in [3.8, 4) is 0 Å². The van der Waals surface area contributed by atoms with Crippen molar-refractivity contribution in [2.75, 3.05) is 0 Å². The fourth-order valence-corrected chi connectivity index (χ4v) is 2.23. The van der Waals surface area contributed by atoms with Crippen LogP contribution in [-0.4, -0.2) is 15.9 Å². The second kappa shape index (κ2) is 5.40. The number of imidazole rings is 1. The smallest absolute Gasteiger partial charge is 0.251 e. The zero-order chi connectivity index (χ0) is 14.8. The molecule has 4 heteroatoms. The summed E-state index contributed by atoms with van der Waals surface area (Å²) in [6, 6.07) is 13.6. The summed E-state index contributed by atoms with van der Waals surface area (Å²) in [4.78, 5) is 19.7. The van der Waals surface area contributed by atoms with Gasteiger partial charge in [0.1, 0.15) is 5.82 Å². The Morgan fingerprint density at radius 3 is 2.57 bits per heavy atom. The third-order valence-corrected chi connectivity index (χ3v) is 3.42. The Morgan fingerprint density at radius 1 is 1.10 bits per heavy atom. The standard InChI is InChI=1S/C17H17N3O/c1-11-3-6-13(7-4-11)17(21)18-10-16-19-14-8-5-12(2)9-15(14)20-16/h3-9H,10H2,1-2H3,(H,18,21)(H,19,20). The number of nitrogens with zero attached hydrogens (tertiary/aromatic N) is 1. The zero-order valence-electron chi connectivity index (χ0n) is 12.1. The van der Waals surface area contributed by atoms with Crippen molar-refractivity contribution in [1.29, 1.82) is 0 Å². The number of rotatable bonds is 3. The minimum absolute atomic E-state index is 0.0911. The Balaban J connectivity index is 1.71. The Kier molecular flexibility index (Phi) is 3.44. The highest BCUT2D eigenvalue weighted by Crippen LogP contribution is 2.13. The number of aromatic amines is 1. The van der Waals surface area contributed by atoms with Crippen LogP contribution >= 0.6 is 0 Å². The summed E-state index contributed by atoms with van der Waals surface area (Å²) in [6.45, 7) is 4.43. The highest BCUT2D eigenvalue weighted by molar-refractivity contribution is 5.94. The average molecular weight is 279 g/mol. The van der Waals surface area contributed by atoms with Gasteiger partial charge in [0.15, 0.2) is 0 Å². The van der Waals surface area contributed by atoms with Crippen LogP contribution in [0.1, 0.15) is 27.3 Å². The largest absolute Gasteiger partial charge is 0.345 e. The molecular formula is C17H17N3O. The monoisotopic (exact) mass is 279 g/mol. The van der Waals surface area contributed by atoms with Crippen LogP contribution in [0.5, 0.6) is 0 Å². The maximum atomic E-state index is 12.0. The van der Waals surface area contributed by atoms with Crippen molar-refractivity contribution in [2.45, 2.75) is 20.4 Å². The van der Waals surface area contributed by atoms with Gasteiger partial charge in [-0.15, -0.1) is 0 Å². The van der Waals surface area contributed by atoms with Crippen LogP contribution in [-0.2, 0) is 6.54 Å². The van der Waals surface area contributed by atoms with Crippen LogP contribution < -0.4 is 5.32 Å². The molecule has 0 saturated heterocycles. The summed E-state index contributed by atoms with van der Waals surface area (Å²) >= 11 is 0. The van der Waals surface area contributed by atoms with Gasteiger partial charge >= 0.3 is 0 Å². The molecule has 4 nitrogen and oxygen atoms in total. The van der Waals surface area contributed by atoms with E-state index in [2.05, 4.69) is 15.3 Å². The number of nitrogens with one attached hydrogen (secondary N) is 2. The second-order valence-electron chi connectivity index (χ2n) is 5.25. The van der Waals surface area contributed by atoms with E-state index in [1.807, 2.05) is 56.3 Å². The van der Waals surface area contributed by atoms with Crippen molar-refractivity contribution in [1.82, 2.24) is 15.3 Å². The summed E-state index contributed by atoms with van der Waals surface area (Å²) in [5, 5.41) is 2.88. The third kappa shape index (κ3) is 2.94. The van der Waals surface area contributed by atoms with E-state index >= 15 is 0 Å². The number of fused-ring (bicyclic) bond motifs is 1. The molecule has 0 unspecified atom stereocenters. The molecule has 0 saturated carbocycles. The molecule has 1 heterocycles. The molecule has 1 aromatic heterocycles. The van der Waals surface area contributed by atoms with Gasteiger partial charge in [-0.05, 0) is 43.7 Å². The van der Waals surface area contributed by atoms with E-state index in [-0.39, 0.29) is 5.91 Å². The van der Waals surface area contributed by atoms with Gasteiger partial charge in [0.2, 0.25) is 0 Å². The van der Waals surface area contributed by atoms with Gasteiger partial charge in [0, 0.05) is 5.56 Å². The normalized spacial score (nSPS) is 10.8. The first kappa shape index (κ1) is 13.4. The molecule has 106 valence electrons. The molecule has 0 aliphatic heterocycles. The first-order chi connectivity index (χ1) is 10.1. The molecule has 0 bridgehead atoms. The van der Waals surface area contributed by atoms with Crippen molar-refractivity contribution in [3.63, 3.8) is 0 Å². The molecule has 0 aliphatic rings. The maximum absolute atomic E-state index is 12.0. The summed E-state index contributed by atoms with van der Waals surface area (Å²) in [6.07, 6.45) is 0. The predicted octanol–water partition coefficient (Wildman–Crippen LogP) is 3.11. The first-order valence-corrected chi connectivity index (χ1v) is 6.92. The predicted molar refractivity (Wildman–Crippen MR) is 83.2 cm³/mol. The van der Waals surface area contributed by atoms with E-state index in [0.29, 0.717) is 12.1 Å². The van der Waals surface area contributed by atoms with E-state index in [4.69, 9.17) is 0 Å². The van der Waals surface area contributed by atoms with E-state index < -0.39 is 0 Å². The van der Waals surface area contributed by atoms with Gasteiger partial charge in [0.25, 0.3) is 5.91 Å². The Hall–Kier alpha value is -2.62. The molecule has 1 amide bonds. The van der Waals surface area contributed by atoms with Crippen LogP contribution in [0.15, 0.2) is 42.5 Å². The van der Waals surface area contributed by atoms with Gasteiger partial charge in [-0.25, -0.2) is 4.98 Å². The molecule has 3 rings (SSSR count). The Labute approximate surface area is 123 Å². The van der Waals surface area contributed by atoms with Gasteiger partial charge in [-0.3, -0.25) is 4.79 Å². The lowest BCUT2D eigenvalue weighted by Gasteiger charge is -2.03. The average Bonchev–Trinajstić information content (AvgIpc) is 2.87. The molecule has 21 heavy (non-hydrogen) atoms. The molecule has 0 aliphatic carbocycles. The highest BCUT2D eigenvalue weighted by Gasteiger charge is 2.07. The second-order valence-corrected chi connectivity index (χ2v) is 5.25. The number of aromatic nitrogens is 2. The molecule has 0 radical (unpaired) electrons. The number of H-pyrrole nitrogens is 1. The van der Waals surface area contributed by atoms with Crippen LogP contribution in [0, 0.1) is 13.8 Å². The Morgan fingerprint density at radius 2 is 1.81 bits per heavy atom. The molecule has 0 spiro atoms. The third-order valence-electron chi connectivity index (χ3n) is 3.42. The lowest BCUT2D eigenvalue weighted by Crippen LogP contribution is -2.23. The minimum Gasteiger partial charge on any atom is -0.345 e. The Bertz CT molecular complexity index is 787. The van der Waals surface area contributed by atoms with Crippen molar-refractivity contribution >= 4 is 16.9 Å². The van der Waals surface area contributed by atoms with Crippen LogP contribution in [0.3, 0.4) is 0 Å². The van der Waals surface area contributed by atoms with E-state index in [1.165, 1.54) is 5.56 Å². The fraction of sp³-hybridized carbons (Fsp3) is 0.176. The summed E-state index contributed by atoms with van der Waals surface area (Å²) in [5.74, 6) is 0.669. The van der Waals surface area contributed by atoms with Crippen LogP contribution in [0.25, 0.3) is 11.0 Å². The van der Waals surface area contributed by atoms with Crippen molar-refractivity contribution < 1.29 is 4.79 Å². The minimum atomic E-state index is -0.0911. The van der Waals surface area contributed by atoms with Gasteiger partial charge in [0.05, 0.1) is 17.6 Å². The topological polar surface area (TPSA) is 57.8 Å². The zero-order valence-corrected chi connectivity index (χ0v) is 12.1. The molecule has 0 atom stereocenters. The van der Waals surface area contributed by atoms with Crippen molar-refractivity contribution in [2.24, 2.45) is 0 Å². The molecular weight excluding hydrogens is 262 g/mol. The maximum Gasteiger partial charge on any atom is 0.251 e. The number of aryl methyl sites for hydroxylation is 2. The fourth-order valence-electron chi connectivity index (χ4n) is 2.23. The molecule has 3 aromatic rings. The van der Waals surface area contributed by atoms with Crippen molar-refractivity contribution in [3.05, 3.63) is 65.0 Å². The van der Waals surface area contributed by atoms with Gasteiger partial charge in [-0.2, -0.15) is 0 Å². The van der Waals surface area contributed by atoms with E-state index in [1.54, 1.807) is 0 Å². The number of carbonyl (C=O) groups is 1. The molecule has 2 N–H and O–H groups in total. The van der Waals surface area contributed by atoms with E-state index in [9.17, 15) is 4.79 Å². The quantitative estimate of drug-likeness (QED) is 0.774. The number of hydrogen-bond acceptors (Lipinski definition) is 2. The number of amides is 1. The van der Waals surface area contributed by atoms with Gasteiger partial charge in [-0.1, -0.05) is 23.8 Å². The number of hydrogen-bond donors (Lipinski definition) is 2. The van der Waals surface area contributed by atoms with Crippen LogP contribution in [0.4, 0.5) is 0 Å². The summed E-state index contributed by atoms with van der Waals surface area (Å²) in [5.41, 5.74) is 4.89. The summed E-state index contributed by atoms with van der Waals surface area (Å²) < 4.78 is 0. The lowest BCUT2D eigenvalue weighted by molar-refractivity contribution is 0.0950. The van der Waals surface area contributed by atoms with E-state index in [0.717, 1.165) is 22.4 Å². The SMILES string of the molecule is Cc1ccc(C(=O)NCc2nc3ccc(C)cc3[nH]2)cc1. The number of benzene rings is 2. The molecule has 0 fully saturated rings. The van der Waals surface area contributed by atoms with Gasteiger partial charge < -0.3 is 10.3 Å².